The van der Waals surface area contributed by atoms with Gasteiger partial charge in [-0.05, 0) is 12.1 Å². The Morgan fingerprint density at radius 2 is 2.12 bits per heavy atom. The Bertz CT molecular complexity index is 452. The van der Waals surface area contributed by atoms with Crippen molar-refractivity contribution in [1.82, 2.24) is 0 Å². The maximum Gasteiger partial charge on any atom is 0.352 e. The molecule has 84 valence electrons. The van der Waals surface area contributed by atoms with Crippen LogP contribution in [0.3, 0.4) is 0 Å². The maximum absolute atomic E-state index is 11.5. The fourth-order valence-corrected chi connectivity index (χ4v) is 1.58. The summed E-state index contributed by atoms with van der Waals surface area (Å²) in [5.41, 5.74) is 0.854. The third-order valence-corrected chi connectivity index (χ3v) is 2.40. The molecular weight excluding hydrogens is 212 g/mol. The Morgan fingerprint density at radius 3 is 2.75 bits per heavy atom. The molecule has 0 amide bonds. The molecule has 0 aromatic heterocycles. The second-order valence-corrected chi connectivity index (χ2v) is 3.26. The van der Waals surface area contributed by atoms with Crippen molar-refractivity contribution in [1.29, 1.82) is 0 Å². The van der Waals surface area contributed by atoms with Crippen molar-refractivity contribution in [3.63, 3.8) is 0 Å². The van der Waals surface area contributed by atoms with E-state index in [4.69, 9.17) is 9.47 Å². The predicted molar refractivity (Wildman–Crippen MR) is 53.2 cm³/mol. The number of hydrogen-bond donors (Lipinski definition) is 0. The molecule has 0 N–H and O–H groups in total. The van der Waals surface area contributed by atoms with E-state index in [9.17, 15) is 9.59 Å². The lowest BCUT2D eigenvalue weighted by molar-refractivity contribution is -0.150. The van der Waals surface area contributed by atoms with E-state index < -0.39 is 18.0 Å². The summed E-state index contributed by atoms with van der Waals surface area (Å²) >= 11 is 0. The van der Waals surface area contributed by atoms with Gasteiger partial charge < -0.3 is 14.2 Å². The van der Waals surface area contributed by atoms with Crippen LogP contribution in [0.4, 0.5) is 0 Å². The lowest BCUT2D eigenvalue weighted by atomic mass is 10.1. The van der Waals surface area contributed by atoms with Crippen LogP contribution < -0.4 is 4.74 Å². The summed E-state index contributed by atoms with van der Waals surface area (Å²) < 4.78 is 14.4. The number of hydrogen-bond acceptors (Lipinski definition) is 5. The summed E-state index contributed by atoms with van der Waals surface area (Å²) in [4.78, 5) is 22.8. The fourth-order valence-electron chi connectivity index (χ4n) is 1.58. The standard InChI is InChI=1S/C11H10O5/c1-14-6-3-4-7-8(5-6)10(12)16-9(7)11(13)15-2/h3-5,9H,1-2H3. The molecule has 0 bridgehead atoms. The molecule has 0 aliphatic carbocycles. The topological polar surface area (TPSA) is 61.8 Å². The molecule has 0 saturated heterocycles. The largest absolute Gasteiger partial charge is 0.497 e. The predicted octanol–water partition coefficient (Wildman–Crippen LogP) is 1.08. The summed E-state index contributed by atoms with van der Waals surface area (Å²) in [5, 5.41) is 0. The smallest absolute Gasteiger partial charge is 0.352 e. The normalized spacial score (nSPS) is 17.6. The van der Waals surface area contributed by atoms with Crippen LogP contribution in [0.1, 0.15) is 22.0 Å². The van der Waals surface area contributed by atoms with Gasteiger partial charge in [-0.15, -0.1) is 0 Å². The molecule has 1 atom stereocenters. The van der Waals surface area contributed by atoms with Crippen LogP contribution in [0, 0.1) is 0 Å². The first-order valence-corrected chi connectivity index (χ1v) is 4.64. The fraction of sp³-hybridized carbons (Fsp3) is 0.273. The molecule has 1 aliphatic rings. The average Bonchev–Trinajstić information content (AvgIpc) is 2.65. The van der Waals surface area contributed by atoms with Gasteiger partial charge in [-0.3, -0.25) is 0 Å². The van der Waals surface area contributed by atoms with Gasteiger partial charge in [-0.25, -0.2) is 9.59 Å². The SMILES string of the molecule is COC(=O)C1OC(=O)c2cc(OC)ccc21. The van der Waals surface area contributed by atoms with Crippen molar-refractivity contribution in [2.75, 3.05) is 14.2 Å². The van der Waals surface area contributed by atoms with E-state index in [0.717, 1.165) is 0 Å². The summed E-state index contributed by atoms with van der Waals surface area (Å²) in [6.07, 6.45) is -0.960. The van der Waals surface area contributed by atoms with Gasteiger partial charge in [0.1, 0.15) is 5.75 Å². The number of ether oxygens (including phenoxy) is 3. The van der Waals surface area contributed by atoms with Crippen LogP contribution in [0.5, 0.6) is 5.75 Å². The van der Waals surface area contributed by atoms with E-state index in [1.165, 1.54) is 14.2 Å². The van der Waals surface area contributed by atoms with Crippen molar-refractivity contribution in [3.8, 4) is 5.75 Å². The number of carbonyl (C=O) groups excluding carboxylic acids is 2. The monoisotopic (exact) mass is 222 g/mol. The quantitative estimate of drug-likeness (QED) is 0.700. The van der Waals surface area contributed by atoms with Crippen LogP contribution in [-0.4, -0.2) is 26.2 Å². The number of methoxy groups -OCH3 is 2. The second kappa shape index (κ2) is 3.84. The maximum atomic E-state index is 11.5. The Morgan fingerprint density at radius 1 is 1.38 bits per heavy atom. The van der Waals surface area contributed by atoms with Gasteiger partial charge in [0.2, 0.25) is 6.10 Å². The van der Waals surface area contributed by atoms with Crippen molar-refractivity contribution >= 4 is 11.9 Å². The lowest BCUT2D eigenvalue weighted by Gasteiger charge is -2.07. The number of fused-ring (bicyclic) bond motifs is 1. The lowest BCUT2D eigenvalue weighted by Crippen LogP contribution is -2.13. The number of carbonyl (C=O) groups is 2. The van der Waals surface area contributed by atoms with Gasteiger partial charge >= 0.3 is 11.9 Å². The first-order chi connectivity index (χ1) is 7.67. The molecule has 1 aromatic carbocycles. The molecule has 0 fully saturated rings. The van der Waals surface area contributed by atoms with E-state index >= 15 is 0 Å². The zero-order chi connectivity index (χ0) is 11.7. The van der Waals surface area contributed by atoms with Gasteiger partial charge in [-0.1, -0.05) is 6.07 Å². The molecule has 16 heavy (non-hydrogen) atoms. The van der Waals surface area contributed by atoms with Crippen molar-refractivity contribution in [2.24, 2.45) is 0 Å². The van der Waals surface area contributed by atoms with Gasteiger partial charge in [0, 0.05) is 5.56 Å². The molecule has 5 nitrogen and oxygen atoms in total. The Kier molecular flexibility index (Phi) is 2.52. The van der Waals surface area contributed by atoms with Crippen LogP contribution >= 0.6 is 0 Å². The van der Waals surface area contributed by atoms with Crippen molar-refractivity contribution < 1.29 is 23.8 Å². The van der Waals surface area contributed by atoms with Gasteiger partial charge in [0.15, 0.2) is 0 Å². The summed E-state index contributed by atoms with van der Waals surface area (Å²) in [6.45, 7) is 0. The van der Waals surface area contributed by atoms with Gasteiger partial charge in [-0.2, -0.15) is 0 Å². The Labute approximate surface area is 91.9 Å². The summed E-state index contributed by atoms with van der Waals surface area (Å²) in [7, 11) is 2.75. The van der Waals surface area contributed by atoms with E-state index in [1.54, 1.807) is 18.2 Å². The van der Waals surface area contributed by atoms with Gasteiger partial charge in [0.25, 0.3) is 0 Å². The molecule has 0 saturated carbocycles. The molecule has 2 rings (SSSR count). The van der Waals surface area contributed by atoms with Crippen LogP contribution in [-0.2, 0) is 14.3 Å². The molecule has 0 spiro atoms. The zero-order valence-corrected chi connectivity index (χ0v) is 8.85. The summed E-state index contributed by atoms with van der Waals surface area (Å²) in [6, 6.07) is 4.83. The highest BCUT2D eigenvalue weighted by Crippen LogP contribution is 2.33. The minimum absolute atomic E-state index is 0.342. The number of cyclic esters (lactones) is 1. The zero-order valence-electron chi connectivity index (χ0n) is 8.85. The third-order valence-electron chi connectivity index (χ3n) is 2.40. The number of benzene rings is 1. The van der Waals surface area contributed by atoms with Crippen LogP contribution in [0.15, 0.2) is 18.2 Å². The van der Waals surface area contributed by atoms with Crippen LogP contribution in [0.25, 0.3) is 0 Å². The average molecular weight is 222 g/mol. The molecule has 5 heteroatoms. The van der Waals surface area contributed by atoms with E-state index in [0.29, 0.717) is 16.9 Å². The molecular formula is C11H10O5. The summed E-state index contributed by atoms with van der Waals surface area (Å²) in [5.74, 6) is -0.581. The van der Waals surface area contributed by atoms with Gasteiger partial charge in [0.05, 0.1) is 19.8 Å². The highest BCUT2D eigenvalue weighted by Gasteiger charge is 2.37. The molecule has 1 unspecified atom stereocenters. The number of esters is 2. The molecule has 0 radical (unpaired) electrons. The van der Waals surface area contributed by atoms with Crippen LogP contribution in [0.2, 0.25) is 0 Å². The first kappa shape index (κ1) is 10.5. The van der Waals surface area contributed by atoms with E-state index in [1.807, 2.05) is 0 Å². The minimum Gasteiger partial charge on any atom is -0.497 e. The Balaban J connectivity index is 2.43. The highest BCUT2D eigenvalue weighted by molar-refractivity contribution is 5.99. The second-order valence-electron chi connectivity index (χ2n) is 3.26. The Hall–Kier alpha value is -2.04. The minimum atomic E-state index is -0.960. The van der Waals surface area contributed by atoms with Crippen molar-refractivity contribution in [2.45, 2.75) is 6.10 Å². The highest BCUT2D eigenvalue weighted by atomic mass is 16.6. The molecule has 1 aliphatic heterocycles. The molecule has 1 aromatic rings. The third kappa shape index (κ3) is 1.50. The van der Waals surface area contributed by atoms with E-state index in [-0.39, 0.29) is 0 Å². The first-order valence-electron chi connectivity index (χ1n) is 4.64. The number of rotatable bonds is 2. The van der Waals surface area contributed by atoms with E-state index in [2.05, 4.69) is 4.74 Å². The van der Waals surface area contributed by atoms with Crippen molar-refractivity contribution in [3.05, 3.63) is 29.3 Å². The molecule has 1 heterocycles.